The third kappa shape index (κ3) is 15.8. The summed E-state index contributed by atoms with van der Waals surface area (Å²) in [6.45, 7) is 9.49. The first-order valence-electron chi connectivity index (χ1n) is 14.6. The minimum absolute atomic E-state index is 0.476. The Balaban J connectivity index is 2.58. The molecule has 0 fully saturated rings. The Labute approximate surface area is 231 Å². The average Bonchev–Trinajstić information content (AvgIpc) is 2.86. The number of hydrogen-bond acceptors (Lipinski definition) is 5. The molecule has 0 bridgehead atoms. The summed E-state index contributed by atoms with van der Waals surface area (Å²) in [7, 11) is 1.48. The van der Waals surface area contributed by atoms with Crippen molar-refractivity contribution in [3.05, 3.63) is 48.0 Å². The molecule has 0 radical (unpaired) electrons. The van der Waals surface area contributed by atoms with Crippen LogP contribution < -0.4 is 5.32 Å². The van der Waals surface area contributed by atoms with E-state index in [9.17, 15) is 9.59 Å². The molecule has 0 saturated carbocycles. The van der Waals surface area contributed by atoms with E-state index in [2.05, 4.69) is 12.2 Å². The summed E-state index contributed by atoms with van der Waals surface area (Å²) in [6, 6.07) is 8.77. The first kappa shape index (κ1) is 33.7. The van der Waals surface area contributed by atoms with Gasteiger partial charge < -0.3 is 19.5 Å². The molecule has 1 aromatic carbocycles. The Morgan fingerprint density at radius 3 is 1.97 bits per heavy atom. The molecule has 1 amide bonds. The number of nitrogens with one attached hydrogen (secondary N) is 1. The van der Waals surface area contributed by atoms with Gasteiger partial charge in [0.25, 0.3) is 0 Å². The molecule has 216 valence electrons. The number of benzene rings is 1. The summed E-state index contributed by atoms with van der Waals surface area (Å²) >= 11 is 0. The number of allylic oxidation sites excluding steroid dienone is 1. The van der Waals surface area contributed by atoms with Crippen LogP contribution in [0.3, 0.4) is 0 Å². The SMILES string of the molecule is CCCCCCCCCCCCC/C=C/[C@@H](OC(=O)[C@H](OC)c1ccccc1)[C@H](C)NC(=O)OC(C)(C)C. The fourth-order valence-electron chi connectivity index (χ4n) is 4.23. The van der Waals surface area contributed by atoms with Gasteiger partial charge in [0.05, 0.1) is 6.04 Å². The molecule has 1 N–H and O–H groups in total. The quantitative estimate of drug-likeness (QED) is 0.110. The average molecular weight is 532 g/mol. The molecule has 0 aromatic heterocycles. The molecule has 0 heterocycles. The maximum atomic E-state index is 13.0. The summed E-state index contributed by atoms with van der Waals surface area (Å²) in [5, 5.41) is 2.80. The van der Waals surface area contributed by atoms with Gasteiger partial charge >= 0.3 is 12.1 Å². The number of hydrogen-bond donors (Lipinski definition) is 1. The molecular formula is C32H53NO5. The summed E-state index contributed by atoms with van der Waals surface area (Å²) in [5.41, 5.74) is 0.103. The zero-order valence-electron chi connectivity index (χ0n) is 24.8. The van der Waals surface area contributed by atoms with E-state index < -0.39 is 35.9 Å². The number of esters is 1. The van der Waals surface area contributed by atoms with Crippen LogP contribution in [-0.4, -0.2) is 36.9 Å². The maximum absolute atomic E-state index is 13.0. The number of unbranched alkanes of at least 4 members (excludes halogenated alkanes) is 11. The standard InChI is InChI=1S/C32H53NO5/c1-7-8-9-10-11-12-13-14-15-16-17-18-22-25-28(26(2)33-31(35)38-32(3,4)5)37-30(34)29(36-6)27-23-20-19-21-24-27/h19-26,28-29H,7-18H2,1-6H3,(H,33,35)/b25-22+/t26-,28+,29+/m0/s1. The van der Waals surface area contributed by atoms with Crippen LogP contribution in [0, 0.1) is 0 Å². The number of carbonyl (C=O) groups is 2. The monoisotopic (exact) mass is 531 g/mol. The van der Waals surface area contributed by atoms with Crippen LogP contribution in [0.4, 0.5) is 4.79 Å². The molecule has 0 spiro atoms. The Morgan fingerprint density at radius 1 is 0.895 bits per heavy atom. The van der Waals surface area contributed by atoms with Gasteiger partial charge in [0, 0.05) is 7.11 Å². The molecule has 38 heavy (non-hydrogen) atoms. The molecule has 3 atom stereocenters. The second-order valence-corrected chi connectivity index (χ2v) is 11.1. The molecular weight excluding hydrogens is 478 g/mol. The van der Waals surface area contributed by atoms with E-state index in [1.807, 2.05) is 63.3 Å². The lowest BCUT2D eigenvalue weighted by molar-refractivity contribution is -0.160. The highest BCUT2D eigenvalue weighted by Gasteiger charge is 2.28. The zero-order chi connectivity index (χ0) is 28.2. The van der Waals surface area contributed by atoms with Gasteiger partial charge in [0.2, 0.25) is 0 Å². The normalized spacial score (nSPS) is 14.2. The molecule has 0 aliphatic carbocycles. The summed E-state index contributed by atoms with van der Waals surface area (Å²) in [4.78, 5) is 25.4. The maximum Gasteiger partial charge on any atom is 0.408 e. The van der Waals surface area contributed by atoms with Crippen molar-refractivity contribution < 1.29 is 23.8 Å². The van der Waals surface area contributed by atoms with Crippen molar-refractivity contribution in [1.82, 2.24) is 5.32 Å². The Hall–Kier alpha value is -2.34. The molecule has 0 saturated heterocycles. The predicted octanol–water partition coefficient (Wildman–Crippen LogP) is 8.46. The van der Waals surface area contributed by atoms with Crippen molar-refractivity contribution in [3.8, 4) is 0 Å². The van der Waals surface area contributed by atoms with Crippen LogP contribution in [0.2, 0.25) is 0 Å². The van der Waals surface area contributed by atoms with Gasteiger partial charge in [-0.1, -0.05) is 108 Å². The highest BCUT2D eigenvalue weighted by molar-refractivity contribution is 5.77. The van der Waals surface area contributed by atoms with Gasteiger partial charge in [-0.25, -0.2) is 9.59 Å². The van der Waals surface area contributed by atoms with E-state index >= 15 is 0 Å². The van der Waals surface area contributed by atoms with Gasteiger partial charge in [-0.3, -0.25) is 0 Å². The molecule has 6 nitrogen and oxygen atoms in total. The number of carbonyl (C=O) groups excluding carboxylic acids is 2. The number of ether oxygens (including phenoxy) is 3. The lowest BCUT2D eigenvalue weighted by atomic mass is 10.0. The van der Waals surface area contributed by atoms with Crippen molar-refractivity contribution in [3.63, 3.8) is 0 Å². The molecule has 1 aromatic rings. The lowest BCUT2D eigenvalue weighted by Gasteiger charge is -2.26. The Bertz CT molecular complexity index is 787. The van der Waals surface area contributed by atoms with E-state index in [-0.39, 0.29) is 0 Å². The van der Waals surface area contributed by atoms with E-state index in [4.69, 9.17) is 14.2 Å². The number of methoxy groups -OCH3 is 1. The predicted molar refractivity (Wildman–Crippen MR) is 155 cm³/mol. The lowest BCUT2D eigenvalue weighted by Crippen LogP contribution is -2.45. The van der Waals surface area contributed by atoms with E-state index in [1.54, 1.807) is 6.92 Å². The number of amides is 1. The van der Waals surface area contributed by atoms with Crippen LogP contribution >= 0.6 is 0 Å². The second-order valence-electron chi connectivity index (χ2n) is 11.1. The molecule has 1 rings (SSSR count). The number of rotatable bonds is 19. The highest BCUT2D eigenvalue weighted by atomic mass is 16.6. The van der Waals surface area contributed by atoms with Crippen molar-refractivity contribution >= 4 is 12.1 Å². The van der Waals surface area contributed by atoms with E-state index in [0.717, 1.165) is 18.4 Å². The van der Waals surface area contributed by atoms with Crippen LogP contribution in [-0.2, 0) is 19.0 Å². The summed E-state index contributed by atoms with van der Waals surface area (Å²) in [6.07, 6.45) is 17.1. The largest absolute Gasteiger partial charge is 0.454 e. The van der Waals surface area contributed by atoms with Gasteiger partial charge in [-0.05, 0) is 52.2 Å². The summed E-state index contributed by atoms with van der Waals surface area (Å²) in [5.74, 6) is -0.499. The molecule has 0 unspecified atom stereocenters. The fourth-order valence-corrected chi connectivity index (χ4v) is 4.23. The van der Waals surface area contributed by atoms with E-state index in [1.165, 1.54) is 71.3 Å². The van der Waals surface area contributed by atoms with Crippen molar-refractivity contribution in [2.24, 2.45) is 0 Å². The fraction of sp³-hybridized carbons (Fsp3) is 0.688. The van der Waals surface area contributed by atoms with E-state index in [0.29, 0.717) is 0 Å². The van der Waals surface area contributed by atoms with Crippen LogP contribution in [0.1, 0.15) is 123 Å². The first-order valence-corrected chi connectivity index (χ1v) is 14.6. The summed E-state index contributed by atoms with van der Waals surface area (Å²) < 4.78 is 16.7. The molecule has 0 aliphatic heterocycles. The van der Waals surface area contributed by atoms with Gasteiger partial charge in [-0.2, -0.15) is 0 Å². The van der Waals surface area contributed by atoms with Crippen LogP contribution in [0.25, 0.3) is 0 Å². The van der Waals surface area contributed by atoms with Gasteiger partial charge in [0.1, 0.15) is 11.7 Å². The molecule has 0 aliphatic rings. The highest BCUT2D eigenvalue weighted by Crippen LogP contribution is 2.20. The minimum Gasteiger partial charge on any atom is -0.454 e. The Kier molecular flexibility index (Phi) is 17.5. The Morgan fingerprint density at radius 2 is 1.45 bits per heavy atom. The van der Waals surface area contributed by atoms with Gasteiger partial charge in [-0.15, -0.1) is 0 Å². The number of alkyl carbamates (subject to hydrolysis) is 1. The smallest absolute Gasteiger partial charge is 0.408 e. The third-order valence-electron chi connectivity index (χ3n) is 6.34. The minimum atomic E-state index is -0.840. The van der Waals surface area contributed by atoms with Crippen LogP contribution in [0.15, 0.2) is 42.5 Å². The third-order valence-corrected chi connectivity index (χ3v) is 6.34. The second kappa shape index (κ2) is 19.7. The molecule has 6 heteroatoms. The van der Waals surface area contributed by atoms with Gasteiger partial charge in [0.15, 0.2) is 6.10 Å². The van der Waals surface area contributed by atoms with Crippen molar-refractivity contribution in [2.75, 3.05) is 7.11 Å². The topological polar surface area (TPSA) is 73.9 Å². The first-order chi connectivity index (χ1) is 18.2. The van der Waals surface area contributed by atoms with Crippen molar-refractivity contribution in [1.29, 1.82) is 0 Å². The van der Waals surface area contributed by atoms with Crippen LogP contribution in [0.5, 0.6) is 0 Å². The zero-order valence-corrected chi connectivity index (χ0v) is 24.8. The van der Waals surface area contributed by atoms with Crippen molar-refractivity contribution in [2.45, 2.75) is 136 Å².